The van der Waals surface area contributed by atoms with E-state index < -0.39 is 24.0 Å². The lowest BCUT2D eigenvalue weighted by atomic mass is 9.89. The van der Waals surface area contributed by atoms with Crippen LogP contribution in [-0.4, -0.2) is 33.8 Å². The first kappa shape index (κ1) is 26.3. The molecule has 42 heavy (non-hydrogen) atoms. The molecule has 2 N–H and O–H groups in total. The van der Waals surface area contributed by atoms with Crippen LogP contribution in [0.15, 0.2) is 97.1 Å². The first-order valence-electron chi connectivity index (χ1n) is 13.5. The zero-order valence-electron chi connectivity index (χ0n) is 22.2. The van der Waals surface area contributed by atoms with Crippen molar-refractivity contribution in [3.63, 3.8) is 0 Å². The van der Waals surface area contributed by atoms with Crippen LogP contribution in [0, 0.1) is 0 Å². The van der Waals surface area contributed by atoms with Crippen LogP contribution in [0.3, 0.4) is 0 Å². The number of carbonyl (C=O) groups excluding carboxylic acids is 3. The molecule has 1 fully saturated rings. The first-order valence-corrected chi connectivity index (χ1v) is 14.3. The fourth-order valence-corrected chi connectivity index (χ4v) is 6.49. The van der Waals surface area contributed by atoms with Crippen LogP contribution in [0.5, 0.6) is 0 Å². The summed E-state index contributed by atoms with van der Waals surface area (Å²) in [4.78, 5) is 48.1. The van der Waals surface area contributed by atoms with Gasteiger partial charge in [0, 0.05) is 39.6 Å². The number of rotatable bonds is 5. The summed E-state index contributed by atoms with van der Waals surface area (Å²) in [6.07, 6.45) is 0.346. The van der Waals surface area contributed by atoms with Crippen molar-refractivity contribution in [2.75, 3.05) is 4.90 Å². The normalized spacial score (nSPS) is 17.9. The van der Waals surface area contributed by atoms with Gasteiger partial charge in [0.25, 0.3) is 11.8 Å². The number of amides is 4. The number of hydrogen-bond acceptors (Lipinski definition) is 3. The molecule has 0 spiro atoms. The maximum absolute atomic E-state index is 14.3. The van der Waals surface area contributed by atoms with E-state index in [2.05, 4.69) is 10.3 Å². The van der Waals surface area contributed by atoms with Crippen molar-refractivity contribution >= 4 is 57.6 Å². The molecule has 0 saturated carbocycles. The fraction of sp³-hybridized carbons (Fsp3) is 0.121. The first-order chi connectivity index (χ1) is 20.4. The molecule has 7 rings (SSSR count). The summed E-state index contributed by atoms with van der Waals surface area (Å²) in [6, 6.07) is 27.3. The summed E-state index contributed by atoms with van der Waals surface area (Å²) in [5, 5.41) is 4.96. The van der Waals surface area contributed by atoms with E-state index in [1.807, 2.05) is 60.7 Å². The van der Waals surface area contributed by atoms with Gasteiger partial charge >= 0.3 is 6.03 Å². The van der Waals surface area contributed by atoms with Crippen LogP contribution in [-0.2, 0) is 17.8 Å². The molecule has 2 aliphatic rings. The standard InChI is InChI=1S/C33H24Cl2N4O3/c34-21-10-7-9-19(16-21)30-29-24(22-11-2-5-14-26(22)37-29)17-28-32(41)39(33(42)38(28)30)27-15-6-3-12-23(27)31(40)36-18-20-8-1-4-13-25(20)35/h1-16,28,30,37H,17-18H2,(H,36,40)/t28-,30?/m0/s1. The van der Waals surface area contributed by atoms with Crippen molar-refractivity contribution in [3.8, 4) is 0 Å². The summed E-state index contributed by atoms with van der Waals surface area (Å²) in [5.41, 5.74) is 4.77. The molecule has 0 aliphatic carbocycles. The number of urea groups is 1. The van der Waals surface area contributed by atoms with Gasteiger partial charge in [-0.1, -0.05) is 83.9 Å². The quantitative estimate of drug-likeness (QED) is 0.217. The number of carbonyl (C=O) groups is 3. The third-order valence-corrected chi connectivity index (χ3v) is 8.60. The Kier molecular flexibility index (Phi) is 6.49. The molecule has 7 nitrogen and oxygen atoms in total. The Bertz CT molecular complexity index is 1900. The number of para-hydroxylation sites is 2. The van der Waals surface area contributed by atoms with Crippen molar-refractivity contribution < 1.29 is 14.4 Å². The largest absolute Gasteiger partial charge is 0.356 e. The number of nitrogens with zero attached hydrogens (tertiary/aromatic N) is 2. The van der Waals surface area contributed by atoms with Crippen LogP contribution in [0.25, 0.3) is 10.9 Å². The average Bonchev–Trinajstić information content (AvgIpc) is 3.49. The lowest BCUT2D eigenvalue weighted by Gasteiger charge is -2.36. The minimum Gasteiger partial charge on any atom is -0.356 e. The van der Waals surface area contributed by atoms with E-state index >= 15 is 0 Å². The smallest absolute Gasteiger partial charge is 0.332 e. The number of nitrogens with one attached hydrogen (secondary N) is 2. The summed E-state index contributed by atoms with van der Waals surface area (Å²) in [5.74, 6) is -0.798. The number of imide groups is 1. The van der Waals surface area contributed by atoms with Crippen LogP contribution >= 0.6 is 23.2 Å². The molecule has 3 heterocycles. The van der Waals surface area contributed by atoms with Crippen molar-refractivity contribution in [3.05, 3.63) is 135 Å². The second-order valence-electron chi connectivity index (χ2n) is 10.4. The van der Waals surface area contributed by atoms with Gasteiger partial charge in [-0.2, -0.15) is 0 Å². The highest BCUT2D eigenvalue weighted by Gasteiger charge is 2.53. The number of halogens is 2. The maximum Gasteiger partial charge on any atom is 0.332 e. The molecule has 2 atom stereocenters. The van der Waals surface area contributed by atoms with Crippen LogP contribution < -0.4 is 10.2 Å². The average molecular weight is 595 g/mol. The molecule has 4 amide bonds. The summed E-state index contributed by atoms with van der Waals surface area (Å²) >= 11 is 12.7. The van der Waals surface area contributed by atoms with Crippen LogP contribution in [0.1, 0.15) is 38.8 Å². The number of aromatic amines is 1. The van der Waals surface area contributed by atoms with Gasteiger partial charge in [0.15, 0.2) is 0 Å². The van der Waals surface area contributed by atoms with Gasteiger partial charge in [-0.25, -0.2) is 9.69 Å². The highest BCUT2D eigenvalue weighted by molar-refractivity contribution is 6.31. The van der Waals surface area contributed by atoms with Gasteiger partial charge in [-0.3, -0.25) is 14.5 Å². The second-order valence-corrected chi connectivity index (χ2v) is 11.2. The third-order valence-electron chi connectivity index (χ3n) is 8.00. The molecule has 5 aromatic rings. The third kappa shape index (κ3) is 4.24. The Hall–Kier alpha value is -4.59. The molecular formula is C33H24Cl2N4O3. The number of fused-ring (bicyclic) bond motifs is 4. The Morgan fingerprint density at radius 3 is 2.50 bits per heavy atom. The van der Waals surface area contributed by atoms with Gasteiger partial charge < -0.3 is 10.3 Å². The van der Waals surface area contributed by atoms with Gasteiger partial charge in [-0.15, -0.1) is 0 Å². The van der Waals surface area contributed by atoms with E-state index in [0.29, 0.717) is 16.5 Å². The van der Waals surface area contributed by atoms with Crippen molar-refractivity contribution in [2.45, 2.75) is 25.0 Å². The van der Waals surface area contributed by atoms with Crippen molar-refractivity contribution in [2.24, 2.45) is 0 Å². The summed E-state index contributed by atoms with van der Waals surface area (Å²) in [6.45, 7) is 0.196. The number of anilines is 1. The number of aromatic nitrogens is 1. The summed E-state index contributed by atoms with van der Waals surface area (Å²) in [7, 11) is 0. The molecule has 4 aromatic carbocycles. The number of hydrogen-bond donors (Lipinski definition) is 2. The lowest BCUT2D eigenvalue weighted by Crippen LogP contribution is -2.44. The summed E-state index contributed by atoms with van der Waals surface area (Å²) < 4.78 is 0. The molecule has 0 radical (unpaired) electrons. The molecule has 0 bridgehead atoms. The molecular weight excluding hydrogens is 571 g/mol. The molecule has 1 saturated heterocycles. The predicted octanol–water partition coefficient (Wildman–Crippen LogP) is 6.89. The Balaban J connectivity index is 1.28. The zero-order chi connectivity index (χ0) is 29.0. The highest BCUT2D eigenvalue weighted by atomic mass is 35.5. The van der Waals surface area contributed by atoms with Crippen molar-refractivity contribution in [1.82, 2.24) is 15.2 Å². The van der Waals surface area contributed by atoms with E-state index in [1.54, 1.807) is 41.3 Å². The molecule has 1 unspecified atom stereocenters. The minimum absolute atomic E-state index is 0.196. The van der Waals surface area contributed by atoms with E-state index in [-0.39, 0.29) is 23.7 Å². The van der Waals surface area contributed by atoms with Crippen LogP contribution in [0.2, 0.25) is 10.0 Å². The Morgan fingerprint density at radius 1 is 0.905 bits per heavy atom. The second kappa shape index (κ2) is 10.4. The zero-order valence-corrected chi connectivity index (χ0v) is 23.7. The maximum atomic E-state index is 14.3. The fourth-order valence-electron chi connectivity index (χ4n) is 6.09. The lowest BCUT2D eigenvalue weighted by molar-refractivity contribution is -0.120. The van der Waals surface area contributed by atoms with E-state index in [9.17, 15) is 14.4 Å². The Morgan fingerprint density at radius 2 is 1.67 bits per heavy atom. The monoisotopic (exact) mass is 594 g/mol. The number of H-pyrrole nitrogens is 1. The molecule has 1 aromatic heterocycles. The predicted molar refractivity (Wildman–Crippen MR) is 163 cm³/mol. The SMILES string of the molecule is O=C(NCc1ccccc1Cl)c1ccccc1N1C(=O)[C@@H]2Cc3c([nH]c4ccccc34)C(c3cccc(Cl)c3)N2C1=O. The van der Waals surface area contributed by atoms with Crippen molar-refractivity contribution in [1.29, 1.82) is 0 Å². The van der Waals surface area contributed by atoms with Crippen LogP contribution in [0.4, 0.5) is 10.5 Å². The minimum atomic E-state index is -0.757. The van der Waals surface area contributed by atoms with Gasteiger partial charge in [0.05, 0.1) is 11.3 Å². The van der Waals surface area contributed by atoms with Gasteiger partial charge in [0.1, 0.15) is 12.1 Å². The highest BCUT2D eigenvalue weighted by Crippen LogP contribution is 2.45. The molecule has 9 heteroatoms. The molecule has 2 aliphatic heterocycles. The van der Waals surface area contributed by atoms with Gasteiger partial charge in [0.2, 0.25) is 0 Å². The Labute approximate surface area is 251 Å². The van der Waals surface area contributed by atoms with E-state index in [1.165, 1.54) is 0 Å². The van der Waals surface area contributed by atoms with Gasteiger partial charge in [-0.05, 0) is 53.1 Å². The topological polar surface area (TPSA) is 85.5 Å². The van der Waals surface area contributed by atoms with E-state index in [4.69, 9.17) is 23.2 Å². The number of benzene rings is 4. The van der Waals surface area contributed by atoms with E-state index in [0.717, 1.165) is 38.2 Å². The molecule has 208 valence electrons.